The zero-order valence-electron chi connectivity index (χ0n) is 8.28. The molecule has 0 unspecified atom stereocenters. The van der Waals surface area contributed by atoms with Gasteiger partial charge in [-0.2, -0.15) is 0 Å². The van der Waals surface area contributed by atoms with Crippen molar-refractivity contribution < 1.29 is 5.11 Å². The average Bonchev–Trinajstić information content (AvgIpc) is 2.69. The molecule has 2 rings (SSSR count). The fraction of sp³-hybridized carbons (Fsp3) is 0.500. The number of benzene rings is 1. The van der Waals surface area contributed by atoms with Gasteiger partial charge < -0.3 is 5.11 Å². The van der Waals surface area contributed by atoms with Gasteiger partial charge in [-0.1, -0.05) is 31.0 Å². The van der Waals surface area contributed by atoms with Gasteiger partial charge in [-0.15, -0.1) is 11.8 Å². The minimum absolute atomic E-state index is 0.112. The Hall–Kier alpha value is -0.470. The third kappa shape index (κ3) is 2.12. The third-order valence-electron chi connectivity index (χ3n) is 2.88. The van der Waals surface area contributed by atoms with Crippen LogP contribution in [0.2, 0.25) is 0 Å². The van der Waals surface area contributed by atoms with Crippen LogP contribution in [0, 0.1) is 0 Å². The third-order valence-corrected chi connectivity index (χ3v) is 4.36. The molecular weight excluding hydrogens is 192 g/mol. The van der Waals surface area contributed by atoms with E-state index in [9.17, 15) is 5.11 Å². The van der Waals surface area contributed by atoms with Crippen molar-refractivity contribution in [1.82, 2.24) is 0 Å². The van der Waals surface area contributed by atoms with Crippen LogP contribution in [0.3, 0.4) is 0 Å². The second-order valence-electron chi connectivity index (χ2n) is 3.96. The summed E-state index contributed by atoms with van der Waals surface area (Å²) in [7, 11) is 0. The van der Waals surface area contributed by atoms with E-state index >= 15 is 0 Å². The fourth-order valence-corrected chi connectivity index (χ4v) is 3.40. The lowest BCUT2D eigenvalue weighted by Gasteiger charge is -2.25. The lowest BCUT2D eigenvalue weighted by molar-refractivity contribution is 0.249. The number of hydrogen-bond acceptors (Lipinski definition) is 2. The molecular formula is C12H16OS. The molecule has 0 aliphatic heterocycles. The molecule has 0 radical (unpaired) electrons. The van der Waals surface area contributed by atoms with E-state index in [-0.39, 0.29) is 4.75 Å². The van der Waals surface area contributed by atoms with Crippen LogP contribution in [0.1, 0.15) is 25.7 Å². The zero-order valence-corrected chi connectivity index (χ0v) is 9.09. The van der Waals surface area contributed by atoms with Gasteiger partial charge in [0.1, 0.15) is 0 Å². The molecule has 0 atom stereocenters. The highest BCUT2D eigenvalue weighted by Gasteiger charge is 2.34. The van der Waals surface area contributed by atoms with Gasteiger partial charge in [0.15, 0.2) is 0 Å². The maximum Gasteiger partial charge on any atom is 0.0581 e. The van der Waals surface area contributed by atoms with Crippen LogP contribution in [0.5, 0.6) is 0 Å². The Morgan fingerprint density at radius 2 is 1.79 bits per heavy atom. The van der Waals surface area contributed by atoms with Gasteiger partial charge in [0, 0.05) is 9.64 Å². The molecule has 1 fully saturated rings. The first kappa shape index (κ1) is 10.1. The van der Waals surface area contributed by atoms with Gasteiger partial charge in [-0.05, 0) is 25.0 Å². The van der Waals surface area contributed by atoms with Crippen molar-refractivity contribution in [3.63, 3.8) is 0 Å². The molecule has 0 amide bonds. The van der Waals surface area contributed by atoms with Crippen LogP contribution in [0.25, 0.3) is 0 Å². The average molecular weight is 208 g/mol. The highest BCUT2D eigenvalue weighted by atomic mass is 32.2. The summed E-state index contributed by atoms with van der Waals surface area (Å²) in [4.78, 5) is 1.28. The first-order valence-corrected chi connectivity index (χ1v) is 6.01. The second kappa shape index (κ2) is 4.37. The molecule has 1 aliphatic rings. The number of thioether (sulfide) groups is 1. The van der Waals surface area contributed by atoms with Gasteiger partial charge in [0.25, 0.3) is 0 Å². The highest BCUT2D eigenvalue weighted by molar-refractivity contribution is 8.00. The van der Waals surface area contributed by atoms with Gasteiger partial charge in [-0.25, -0.2) is 0 Å². The lowest BCUT2D eigenvalue weighted by atomic mass is 10.1. The van der Waals surface area contributed by atoms with Crippen LogP contribution in [-0.4, -0.2) is 16.5 Å². The van der Waals surface area contributed by atoms with Crippen LogP contribution >= 0.6 is 11.8 Å². The number of rotatable bonds is 3. The molecule has 1 saturated carbocycles. The molecule has 1 aliphatic carbocycles. The van der Waals surface area contributed by atoms with Crippen molar-refractivity contribution in [2.75, 3.05) is 6.61 Å². The van der Waals surface area contributed by atoms with Crippen LogP contribution in [0.15, 0.2) is 35.2 Å². The molecule has 0 heterocycles. The molecule has 2 heteroatoms. The molecule has 0 spiro atoms. The Morgan fingerprint density at radius 3 is 2.36 bits per heavy atom. The molecule has 14 heavy (non-hydrogen) atoms. The SMILES string of the molecule is OCC1(Sc2ccccc2)CCCC1. The monoisotopic (exact) mass is 208 g/mol. The van der Waals surface area contributed by atoms with E-state index in [1.165, 1.54) is 17.7 Å². The van der Waals surface area contributed by atoms with E-state index in [2.05, 4.69) is 24.3 Å². The van der Waals surface area contributed by atoms with Crippen molar-refractivity contribution >= 4 is 11.8 Å². The van der Waals surface area contributed by atoms with E-state index in [4.69, 9.17) is 0 Å². The molecule has 1 nitrogen and oxygen atoms in total. The van der Waals surface area contributed by atoms with Gasteiger partial charge in [0.05, 0.1) is 6.61 Å². The maximum absolute atomic E-state index is 9.46. The summed E-state index contributed by atoms with van der Waals surface area (Å²) in [6, 6.07) is 10.4. The van der Waals surface area contributed by atoms with Crippen LogP contribution in [-0.2, 0) is 0 Å². The predicted molar refractivity (Wildman–Crippen MR) is 60.6 cm³/mol. The largest absolute Gasteiger partial charge is 0.395 e. The Morgan fingerprint density at radius 1 is 1.14 bits per heavy atom. The topological polar surface area (TPSA) is 20.2 Å². The summed E-state index contributed by atoms with van der Waals surface area (Å²) in [6.45, 7) is 0.312. The normalized spacial score (nSPS) is 19.8. The summed E-state index contributed by atoms with van der Waals surface area (Å²) < 4.78 is 0.112. The summed E-state index contributed by atoms with van der Waals surface area (Å²) in [5, 5.41) is 9.46. The summed E-state index contributed by atoms with van der Waals surface area (Å²) in [5.74, 6) is 0. The van der Waals surface area contributed by atoms with Crippen LogP contribution in [0.4, 0.5) is 0 Å². The molecule has 1 aromatic rings. The van der Waals surface area contributed by atoms with Crippen molar-refractivity contribution in [3.05, 3.63) is 30.3 Å². The highest BCUT2D eigenvalue weighted by Crippen LogP contribution is 2.44. The summed E-state index contributed by atoms with van der Waals surface area (Å²) in [5.41, 5.74) is 0. The van der Waals surface area contributed by atoms with Gasteiger partial charge in [-0.3, -0.25) is 0 Å². The van der Waals surface area contributed by atoms with Crippen molar-refractivity contribution in [1.29, 1.82) is 0 Å². The predicted octanol–water partition coefficient (Wildman–Crippen LogP) is 3.08. The summed E-state index contributed by atoms with van der Waals surface area (Å²) >= 11 is 1.85. The van der Waals surface area contributed by atoms with E-state index < -0.39 is 0 Å². The van der Waals surface area contributed by atoms with Crippen molar-refractivity contribution in [2.24, 2.45) is 0 Å². The standard InChI is InChI=1S/C12H16OS/c13-10-12(8-4-5-9-12)14-11-6-2-1-3-7-11/h1-3,6-7,13H,4-5,8-10H2. The Bertz CT molecular complexity index is 278. The minimum atomic E-state index is 0.112. The first-order valence-electron chi connectivity index (χ1n) is 5.20. The van der Waals surface area contributed by atoms with Gasteiger partial charge in [0.2, 0.25) is 0 Å². The summed E-state index contributed by atoms with van der Waals surface area (Å²) in [6.07, 6.45) is 4.84. The fourth-order valence-electron chi connectivity index (χ4n) is 2.05. The molecule has 76 valence electrons. The number of aliphatic hydroxyl groups is 1. The number of hydrogen-bond donors (Lipinski definition) is 1. The molecule has 0 bridgehead atoms. The quantitative estimate of drug-likeness (QED) is 0.823. The molecule has 0 aromatic heterocycles. The van der Waals surface area contributed by atoms with E-state index in [1.54, 1.807) is 0 Å². The number of aliphatic hydroxyl groups excluding tert-OH is 1. The van der Waals surface area contributed by atoms with Crippen molar-refractivity contribution in [3.8, 4) is 0 Å². The molecule has 0 saturated heterocycles. The first-order chi connectivity index (χ1) is 6.85. The lowest BCUT2D eigenvalue weighted by Crippen LogP contribution is -2.24. The second-order valence-corrected chi connectivity index (χ2v) is 5.50. The van der Waals surface area contributed by atoms with E-state index in [0.717, 1.165) is 12.8 Å². The molecule has 1 N–H and O–H groups in total. The van der Waals surface area contributed by atoms with E-state index in [1.807, 2.05) is 17.8 Å². The van der Waals surface area contributed by atoms with Crippen LogP contribution < -0.4 is 0 Å². The van der Waals surface area contributed by atoms with Gasteiger partial charge >= 0.3 is 0 Å². The smallest absolute Gasteiger partial charge is 0.0581 e. The van der Waals surface area contributed by atoms with Crippen molar-refractivity contribution in [2.45, 2.75) is 35.3 Å². The minimum Gasteiger partial charge on any atom is -0.395 e. The zero-order chi connectivity index (χ0) is 9.86. The Labute approximate surface area is 89.5 Å². The Balaban J connectivity index is 2.08. The van der Waals surface area contributed by atoms with E-state index in [0.29, 0.717) is 6.61 Å². The molecule has 1 aromatic carbocycles. The Kier molecular flexibility index (Phi) is 3.14. The maximum atomic E-state index is 9.46.